The highest BCUT2D eigenvalue weighted by molar-refractivity contribution is 7.86. The van der Waals surface area contributed by atoms with Crippen molar-refractivity contribution in [2.24, 2.45) is 5.73 Å². The van der Waals surface area contributed by atoms with Crippen molar-refractivity contribution < 1.29 is 8.42 Å². The van der Waals surface area contributed by atoms with Crippen molar-refractivity contribution in [2.75, 3.05) is 26.7 Å². The van der Waals surface area contributed by atoms with Crippen molar-refractivity contribution in [1.82, 2.24) is 8.61 Å². The normalized spacial score (nSPS) is 12.4. The summed E-state index contributed by atoms with van der Waals surface area (Å²) in [6.07, 6.45) is 0. The van der Waals surface area contributed by atoms with Gasteiger partial charge in [-0.05, 0) is 0 Å². The second kappa shape index (κ2) is 5.59. The summed E-state index contributed by atoms with van der Waals surface area (Å²) in [4.78, 5) is 0.170. The van der Waals surface area contributed by atoms with Gasteiger partial charge >= 0.3 is 0 Å². The summed E-state index contributed by atoms with van der Waals surface area (Å²) in [6.45, 7) is 4.54. The summed E-state index contributed by atoms with van der Waals surface area (Å²) >= 11 is 4.65. The zero-order valence-corrected chi connectivity index (χ0v) is 10.4. The highest BCUT2D eigenvalue weighted by atomic mass is 32.2. The average Bonchev–Trinajstić information content (AvgIpc) is 2.04. The van der Waals surface area contributed by atoms with E-state index in [1.165, 1.54) is 11.4 Å². The van der Waals surface area contributed by atoms with Crippen LogP contribution in [0.3, 0.4) is 0 Å². The minimum atomic E-state index is -3.40. The maximum atomic E-state index is 11.8. The minimum absolute atomic E-state index is 0.0775. The molecule has 0 rings (SSSR count). The van der Waals surface area contributed by atoms with E-state index in [1.54, 1.807) is 13.8 Å². The zero-order valence-electron chi connectivity index (χ0n) is 8.73. The monoisotopic (exact) mass is 239 g/mol. The van der Waals surface area contributed by atoms with Crippen molar-refractivity contribution in [3.8, 4) is 0 Å². The molecule has 0 atom stereocenters. The van der Waals surface area contributed by atoms with Gasteiger partial charge in [0.15, 0.2) is 0 Å². The number of nitrogens with zero attached hydrogens (tertiary/aromatic N) is 2. The van der Waals surface area contributed by atoms with E-state index in [2.05, 4.69) is 12.2 Å². The molecule has 0 aliphatic heterocycles. The Balaban J connectivity index is 4.67. The van der Waals surface area contributed by atoms with Gasteiger partial charge in [0.1, 0.15) is 0 Å². The predicted molar refractivity (Wildman–Crippen MR) is 61.3 cm³/mol. The quantitative estimate of drug-likeness (QED) is 0.651. The van der Waals surface area contributed by atoms with E-state index in [4.69, 9.17) is 5.73 Å². The van der Waals surface area contributed by atoms with Crippen LogP contribution in [-0.4, -0.2) is 48.7 Å². The largest absolute Gasteiger partial charge is 0.392 e. The van der Waals surface area contributed by atoms with Crippen molar-refractivity contribution in [2.45, 2.75) is 13.8 Å². The molecule has 0 heterocycles. The number of hydrogen-bond acceptors (Lipinski definition) is 3. The van der Waals surface area contributed by atoms with Crippen LogP contribution in [-0.2, 0) is 10.2 Å². The van der Waals surface area contributed by atoms with Crippen LogP contribution >= 0.6 is 12.2 Å². The molecule has 0 saturated carbocycles. The van der Waals surface area contributed by atoms with E-state index >= 15 is 0 Å². The van der Waals surface area contributed by atoms with Crippen molar-refractivity contribution >= 4 is 27.4 Å². The molecule has 0 aromatic carbocycles. The molecule has 0 aliphatic rings. The molecule has 0 unspecified atom stereocenters. The summed E-state index contributed by atoms with van der Waals surface area (Å²) in [5.41, 5.74) is 5.28. The first-order valence-electron chi connectivity index (χ1n) is 4.35. The van der Waals surface area contributed by atoms with Gasteiger partial charge in [-0.25, -0.2) is 0 Å². The molecule has 0 saturated heterocycles. The van der Waals surface area contributed by atoms with Gasteiger partial charge in [0, 0.05) is 20.1 Å². The fourth-order valence-electron chi connectivity index (χ4n) is 1.05. The number of likely N-dealkylation sites (N-methyl/N-ethyl adjacent to an activating group) is 1. The third-order valence-corrected chi connectivity index (χ3v) is 4.02. The van der Waals surface area contributed by atoms with E-state index in [0.717, 1.165) is 4.31 Å². The van der Waals surface area contributed by atoms with Crippen LogP contribution < -0.4 is 5.73 Å². The summed E-state index contributed by atoms with van der Waals surface area (Å²) in [5, 5.41) is 0. The average molecular weight is 239 g/mol. The maximum absolute atomic E-state index is 11.8. The fraction of sp³-hybridized carbons (Fsp3) is 0.857. The Labute approximate surface area is 91.0 Å². The van der Waals surface area contributed by atoms with Crippen LogP contribution in [0.5, 0.6) is 0 Å². The van der Waals surface area contributed by atoms with E-state index in [1.807, 2.05) is 0 Å². The van der Waals surface area contributed by atoms with Gasteiger partial charge in [-0.2, -0.15) is 17.0 Å². The summed E-state index contributed by atoms with van der Waals surface area (Å²) in [6, 6.07) is 0. The van der Waals surface area contributed by atoms with Gasteiger partial charge in [-0.3, -0.25) is 0 Å². The van der Waals surface area contributed by atoms with Gasteiger partial charge < -0.3 is 5.73 Å². The minimum Gasteiger partial charge on any atom is -0.392 e. The van der Waals surface area contributed by atoms with Crippen molar-refractivity contribution in [3.05, 3.63) is 0 Å². The molecule has 0 amide bonds. The molecule has 5 nitrogen and oxygen atoms in total. The lowest BCUT2D eigenvalue weighted by atomic mass is 10.7. The Hall–Kier alpha value is -0.240. The molecule has 0 bridgehead atoms. The smallest absolute Gasteiger partial charge is 0.282 e. The third kappa shape index (κ3) is 3.49. The SMILES string of the molecule is CCN(CC)S(=O)(=O)N(C)CC(N)=S. The summed E-state index contributed by atoms with van der Waals surface area (Å²) in [7, 11) is -1.93. The number of rotatable bonds is 6. The Morgan fingerprint density at radius 2 is 1.79 bits per heavy atom. The molecule has 14 heavy (non-hydrogen) atoms. The summed E-state index contributed by atoms with van der Waals surface area (Å²) in [5.74, 6) is 0. The first kappa shape index (κ1) is 13.8. The van der Waals surface area contributed by atoms with Gasteiger partial charge in [0.25, 0.3) is 10.2 Å². The number of hydrogen-bond donors (Lipinski definition) is 1. The van der Waals surface area contributed by atoms with E-state index < -0.39 is 10.2 Å². The van der Waals surface area contributed by atoms with Crippen LogP contribution in [0.4, 0.5) is 0 Å². The standard InChI is InChI=1S/C7H17N3O2S2/c1-4-10(5-2)14(11,12)9(3)6-7(8)13/h4-6H2,1-3H3,(H2,8,13). The molecule has 7 heteroatoms. The van der Waals surface area contributed by atoms with E-state index in [0.29, 0.717) is 13.1 Å². The van der Waals surface area contributed by atoms with Crippen molar-refractivity contribution in [3.63, 3.8) is 0 Å². The molecular weight excluding hydrogens is 222 g/mol. The Bertz CT molecular complexity index is 285. The Morgan fingerprint density at radius 1 is 1.36 bits per heavy atom. The van der Waals surface area contributed by atoms with E-state index in [9.17, 15) is 8.42 Å². The van der Waals surface area contributed by atoms with Crippen LogP contribution in [0, 0.1) is 0 Å². The number of nitrogens with two attached hydrogens (primary N) is 1. The Kier molecular flexibility index (Phi) is 5.50. The highest BCUT2D eigenvalue weighted by Gasteiger charge is 2.24. The van der Waals surface area contributed by atoms with Crippen LogP contribution in [0.1, 0.15) is 13.8 Å². The lowest BCUT2D eigenvalue weighted by Crippen LogP contribution is -2.44. The third-order valence-electron chi connectivity index (χ3n) is 1.80. The highest BCUT2D eigenvalue weighted by Crippen LogP contribution is 2.04. The van der Waals surface area contributed by atoms with Crippen LogP contribution in [0.2, 0.25) is 0 Å². The van der Waals surface area contributed by atoms with Crippen LogP contribution in [0.25, 0.3) is 0 Å². The zero-order chi connectivity index (χ0) is 11.4. The summed E-state index contributed by atoms with van der Waals surface area (Å²) < 4.78 is 26.0. The first-order chi connectivity index (χ1) is 6.36. The molecule has 0 aliphatic carbocycles. The molecule has 0 fully saturated rings. The second-order valence-corrected chi connectivity index (χ2v) is 5.37. The predicted octanol–water partition coefficient (Wildman–Crippen LogP) is -0.209. The first-order valence-corrected chi connectivity index (χ1v) is 6.16. The van der Waals surface area contributed by atoms with Gasteiger partial charge in [-0.15, -0.1) is 0 Å². The molecule has 0 aromatic rings. The Morgan fingerprint density at radius 3 is 2.07 bits per heavy atom. The second-order valence-electron chi connectivity index (χ2n) is 2.81. The maximum Gasteiger partial charge on any atom is 0.282 e. The van der Waals surface area contributed by atoms with E-state index in [-0.39, 0.29) is 11.5 Å². The van der Waals surface area contributed by atoms with Gasteiger partial charge in [-0.1, -0.05) is 26.1 Å². The number of thiocarbonyl (C=S) groups is 1. The molecular formula is C7H17N3O2S2. The van der Waals surface area contributed by atoms with Gasteiger partial charge in [0.05, 0.1) is 11.5 Å². The molecule has 84 valence electrons. The fourth-order valence-corrected chi connectivity index (χ4v) is 2.67. The lowest BCUT2D eigenvalue weighted by molar-refractivity contribution is 0.392. The molecule has 0 aromatic heterocycles. The van der Waals surface area contributed by atoms with Gasteiger partial charge in [0.2, 0.25) is 0 Å². The molecule has 0 radical (unpaired) electrons. The lowest BCUT2D eigenvalue weighted by Gasteiger charge is -2.24. The molecule has 2 N–H and O–H groups in total. The molecule has 0 spiro atoms. The van der Waals surface area contributed by atoms with Crippen LogP contribution in [0.15, 0.2) is 0 Å². The van der Waals surface area contributed by atoms with Crippen molar-refractivity contribution in [1.29, 1.82) is 0 Å². The topological polar surface area (TPSA) is 66.6 Å².